The first-order valence-electron chi connectivity index (χ1n) is 10.6. The van der Waals surface area contributed by atoms with Crippen molar-refractivity contribution in [3.05, 3.63) is 59.9 Å². The van der Waals surface area contributed by atoms with Gasteiger partial charge in [-0.15, -0.1) is 0 Å². The maximum absolute atomic E-state index is 13.6. The molecule has 2 atom stereocenters. The number of rotatable bonds is 8. The number of hydrogen-bond donors (Lipinski definition) is 2. The van der Waals surface area contributed by atoms with Gasteiger partial charge in [0, 0.05) is 37.9 Å². The fourth-order valence-corrected chi connectivity index (χ4v) is 3.70. The van der Waals surface area contributed by atoms with Crippen LogP contribution in [0.2, 0.25) is 0 Å². The normalized spacial score (nSPS) is 18.7. The average Bonchev–Trinajstić information content (AvgIpc) is 2.75. The predicted octanol–water partition coefficient (Wildman–Crippen LogP) is 3.23. The summed E-state index contributed by atoms with van der Waals surface area (Å²) in [6, 6.07) is 10.4. The zero-order chi connectivity index (χ0) is 24.0. The molecule has 1 heterocycles. The summed E-state index contributed by atoms with van der Waals surface area (Å²) < 4.78 is 56.9. The van der Waals surface area contributed by atoms with Gasteiger partial charge < -0.3 is 15.2 Å². The Labute approximate surface area is 189 Å². The second kappa shape index (κ2) is 11.0. The van der Waals surface area contributed by atoms with Gasteiger partial charge >= 0.3 is 6.18 Å². The number of ether oxygens (including phenoxy) is 1. The van der Waals surface area contributed by atoms with Crippen molar-refractivity contribution < 1.29 is 32.2 Å². The molecule has 2 aromatic rings. The number of β-amino-alcohol motifs (C(OH)–C–C–N with tert-alkyl or cyclic N) is 1. The van der Waals surface area contributed by atoms with Gasteiger partial charge in [0.15, 0.2) is 11.6 Å². The van der Waals surface area contributed by atoms with Crippen LogP contribution in [0, 0.1) is 5.82 Å². The highest BCUT2D eigenvalue weighted by atomic mass is 19.4. The fourth-order valence-electron chi connectivity index (χ4n) is 3.70. The number of amides is 1. The molecule has 1 saturated heterocycles. The van der Waals surface area contributed by atoms with Crippen molar-refractivity contribution in [2.45, 2.75) is 25.2 Å². The number of hydrogen-bond acceptors (Lipinski definition) is 5. The van der Waals surface area contributed by atoms with E-state index in [0.29, 0.717) is 31.9 Å². The van der Waals surface area contributed by atoms with E-state index in [4.69, 9.17) is 4.74 Å². The van der Waals surface area contributed by atoms with Crippen LogP contribution in [0.25, 0.3) is 0 Å². The number of nitrogens with zero attached hydrogens (tertiary/aromatic N) is 2. The summed E-state index contributed by atoms with van der Waals surface area (Å²) in [5.74, 6) is -0.705. The molecule has 1 fully saturated rings. The van der Waals surface area contributed by atoms with Crippen molar-refractivity contribution >= 4 is 11.6 Å². The third-order valence-electron chi connectivity index (χ3n) is 5.43. The van der Waals surface area contributed by atoms with Gasteiger partial charge in [-0.05, 0) is 43.3 Å². The summed E-state index contributed by atoms with van der Waals surface area (Å²) in [6.45, 7) is 4.19. The molecule has 0 saturated carbocycles. The summed E-state index contributed by atoms with van der Waals surface area (Å²) in [4.78, 5) is 16.3. The van der Waals surface area contributed by atoms with Crippen LogP contribution in [0.3, 0.4) is 0 Å². The van der Waals surface area contributed by atoms with Crippen LogP contribution in [-0.4, -0.2) is 72.3 Å². The molecule has 6 nitrogen and oxygen atoms in total. The molecule has 0 spiro atoms. The maximum Gasteiger partial charge on any atom is 0.416 e. The van der Waals surface area contributed by atoms with Gasteiger partial charge in [-0.1, -0.05) is 12.1 Å². The van der Waals surface area contributed by atoms with Crippen molar-refractivity contribution in [1.82, 2.24) is 9.80 Å². The molecular formula is C23H27F4N3O3. The van der Waals surface area contributed by atoms with E-state index in [1.54, 1.807) is 12.1 Å². The van der Waals surface area contributed by atoms with Crippen molar-refractivity contribution in [2.24, 2.45) is 0 Å². The second-order valence-electron chi connectivity index (χ2n) is 8.10. The number of para-hydroxylation sites is 1. The molecule has 0 radical (unpaired) electrons. The summed E-state index contributed by atoms with van der Waals surface area (Å²) in [7, 11) is 0. The minimum absolute atomic E-state index is 0.0383. The first-order valence-corrected chi connectivity index (χ1v) is 10.6. The first kappa shape index (κ1) is 24.9. The van der Waals surface area contributed by atoms with E-state index in [1.807, 2.05) is 11.8 Å². The highest BCUT2D eigenvalue weighted by molar-refractivity contribution is 5.92. The highest BCUT2D eigenvalue weighted by Crippen LogP contribution is 2.29. The molecule has 2 aromatic carbocycles. The molecule has 180 valence electrons. The largest absolute Gasteiger partial charge is 0.488 e. The van der Waals surface area contributed by atoms with Gasteiger partial charge in [-0.25, -0.2) is 4.39 Å². The molecule has 1 aliphatic rings. The van der Waals surface area contributed by atoms with E-state index in [0.717, 1.165) is 12.1 Å². The molecule has 1 amide bonds. The van der Waals surface area contributed by atoms with E-state index in [-0.39, 0.29) is 30.9 Å². The van der Waals surface area contributed by atoms with Crippen LogP contribution < -0.4 is 10.1 Å². The Hall–Kier alpha value is -2.69. The topological polar surface area (TPSA) is 65.0 Å². The predicted molar refractivity (Wildman–Crippen MR) is 115 cm³/mol. The maximum atomic E-state index is 13.6. The van der Waals surface area contributed by atoms with Gasteiger partial charge in [0.1, 0.15) is 12.7 Å². The monoisotopic (exact) mass is 469 g/mol. The van der Waals surface area contributed by atoms with Gasteiger partial charge in [0.25, 0.3) is 0 Å². The van der Waals surface area contributed by atoms with Crippen LogP contribution in [-0.2, 0) is 11.0 Å². The molecule has 3 rings (SSSR count). The Bertz CT molecular complexity index is 924. The molecule has 2 N–H and O–H groups in total. The second-order valence-corrected chi connectivity index (χ2v) is 8.10. The smallest absolute Gasteiger partial charge is 0.416 e. The third kappa shape index (κ3) is 7.41. The number of carbonyl (C=O) groups excluding carboxylic acids is 1. The number of alkyl halides is 3. The van der Waals surface area contributed by atoms with E-state index in [2.05, 4.69) is 10.2 Å². The van der Waals surface area contributed by atoms with Crippen molar-refractivity contribution in [1.29, 1.82) is 0 Å². The van der Waals surface area contributed by atoms with E-state index < -0.39 is 23.7 Å². The van der Waals surface area contributed by atoms with Gasteiger partial charge in [0.2, 0.25) is 5.91 Å². The standard InChI is InChI=1S/C23H27F4N3O3/c1-16-12-29(14-22(32)28-18-8-6-17(7-9-18)23(25,26)27)10-11-30(16)13-19(31)15-33-21-5-3-2-4-20(21)24/h2-9,16,19,31H,10-15H2,1H3,(H,28,32). The number of carbonyl (C=O) groups is 1. The number of benzene rings is 2. The van der Waals surface area contributed by atoms with E-state index in [9.17, 15) is 27.5 Å². The molecular weight excluding hydrogens is 442 g/mol. The van der Waals surface area contributed by atoms with Crippen molar-refractivity contribution in [3.63, 3.8) is 0 Å². The number of piperazine rings is 1. The molecule has 0 aromatic heterocycles. The van der Waals surface area contributed by atoms with E-state index >= 15 is 0 Å². The third-order valence-corrected chi connectivity index (χ3v) is 5.43. The van der Waals surface area contributed by atoms with Crippen LogP contribution in [0.4, 0.5) is 23.2 Å². The summed E-state index contributed by atoms with van der Waals surface area (Å²) in [5.41, 5.74) is -0.468. The molecule has 1 aliphatic heterocycles. The molecule has 33 heavy (non-hydrogen) atoms. The summed E-state index contributed by atoms with van der Waals surface area (Å²) in [5, 5.41) is 12.9. The van der Waals surface area contributed by atoms with Crippen LogP contribution in [0.1, 0.15) is 12.5 Å². The minimum Gasteiger partial charge on any atom is -0.488 e. The summed E-state index contributed by atoms with van der Waals surface area (Å²) >= 11 is 0. The van der Waals surface area contributed by atoms with Crippen LogP contribution in [0.15, 0.2) is 48.5 Å². The van der Waals surface area contributed by atoms with E-state index in [1.165, 1.54) is 24.3 Å². The Morgan fingerprint density at radius 1 is 1.18 bits per heavy atom. The quantitative estimate of drug-likeness (QED) is 0.582. The number of anilines is 1. The summed E-state index contributed by atoms with van der Waals surface area (Å²) in [6.07, 6.45) is -5.22. The number of aliphatic hydroxyl groups is 1. The lowest BCUT2D eigenvalue weighted by Crippen LogP contribution is -2.55. The number of nitrogens with one attached hydrogen (secondary N) is 1. The Morgan fingerprint density at radius 2 is 1.88 bits per heavy atom. The van der Waals surface area contributed by atoms with Crippen LogP contribution in [0.5, 0.6) is 5.75 Å². The zero-order valence-corrected chi connectivity index (χ0v) is 18.2. The molecule has 10 heteroatoms. The van der Waals surface area contributed by atoms with Crippen molar-refractivity contribution in [2.75, 3.05) is 44.6 Å². The first-order chi connectivity index (χ1) is 15.6. The highest BCUT2D eigenvalue weighted by Gasteiger charge is 2.30. The van der Waals surface area contributed by atoms with Crippen molar-refractivity contribution in [3.8, 4) is 5.75 Å². The molecule has 0 aliphatic carbocycles. The minimum atomic E-state index is -4.42. The Kier molecular flexibility index (Phi) is 8.28. The van der Waals surface area contributed by atoms with Crippen LogP contribution >= 0.6 is 0 Å². The lowest BCUT2D eigenvalue weighted by Gasteiger charge is -2.40. The Morgan fingerprint density at radius 3 is 2.52 bits per heavy atom. The lowest BCUT2D eigenvalue weighted by molar-refractivity contribution is -0.137. The zero-order valence-electron chi connectivity index (χ0n) is 18.2. The molecule has 0 bridgehead atoms. The molecule has 2 unspecified atom stereocenters. The lowest BCUT2D eigenvalue weighted by atomic mass is 10.1. The Balaban J connectivity index is 1.41. The fraction of sp³-hybridized carbons (Fsp3) is 0.435. The number of halogens is 4. The van der Waals surface area contributed by atoms with Gasteiger partial charge in [0.05, 0.1) is 12.1 Å². The average molecular weight is 469 g/mol. The SMILES string of the molecule is CC1CN(CC(=O)Nc2ccc(C(F)(F)F)cc2)CCN1CC(O)COc1ccccc1F. The van der Waals surface area contributed by atoms with Gasteiger partial charge in [-0.2, -0.15) is 13.2 Å². The van der Waals surface area contributed by atoms with Gasteiger partial charge in [-0.3, -0.25) is 14.6 Å². The number of aliphatic hydroxyl groups excluding tert-OH is 1.